The topological polar surface area (TPSA) is 47.3 Å². The van der Waals surface area contributed by atoms with Crippen LogP contribution < -0.4 is 0 Å². The SMILES string of the molecule is CC(=O)N(C1CCC1)[C@H]1CCCN(Cc2ccc(C#N)s2)CC1. The molecule has 2 heterocycles. The normalized spacial score (nSPS) is 22.9. The molecule has 4 nitrogen and oxygen atoms in total. The molecule has 0 spiro atoms. The molecule has 2 fully saturated rings. The summed E-state index contributed by atoms with van der Waals surface area (Å²) in [6.07, 6.45) is 7.00. The Morgan fingerprint density at radius 3 is 2.61 bits per heavy atom. The van der Waals surface area contributed by atoms with Crippen molar-refractivity contribution in [3.8, 4) is 6.07 Å². The van der Waals surface area contributed by atoms with Gasteiger partial charge in [0.15, 0.2) is 0 Å². The molecule has 1 aromatic rings. The molecule has 0 bridgehead atoms. The van der Waals surface area contributed by atoms with Gasteiger partial charge in [0.2, 0.25) is 5.91 Å². The third-order valence-electron chi connectivity index (χ3n) is 5.17. The first-order valence-corrected chi connectivity index (χ1v) is 9.49. The summed E-state index contributed by atoms with van der Waals surface area (Å²) in [6.45, 7) is 4.80. The van der Waals surface area contributed by atoms with Crippen LogP contribution in [0.25, 0.3) is 0 Å². The maximum absolute atomic E-state index is 12.1. The molecule has 0 aromatic carbocycles. The highest BCUT2D eigenvalue weighted by atomic mass is 32.1. The van der Waals surface area contributed by atoms with Crippen molar-refractivity contribution in [2.75, 3.05) is 13.1 Å². The summed E-state index contributed by atoms with van der Waals surface area (Å²) in [4.78, 5) is 18.8. The number of amides is 1. The molecule has 0 radical (unpaired) electrons. The molecule has 1 aliphatic carbocycles. The summed E-state index contributed by atoms with van der Waals surface area (Å²) in [5, 5.41) is 8.94. The molecule has 1 atom stereocenters. The molecule has 0 N–H and O–H groups in total. The first kappa shape index (κ1) is 16.5. The molecule has 1 saturated heterocycles. The minimum atomic E-state index is 0.255. The predicted octanol–water partition coefficient (Wildman–Crippen LogP) is 3.38. The number of carbonyl (C=O) groups excluding carboxylic acids is 1. The fraction of sp³-hybridized carbons (Fsp3) is 0.667. The van der Waals surface area contributed by atoms with Gasteiger partial charge in [0.25, 0.3) is 0 Å². The highest BCUT2D eigenvalue weighted by molar-refractivity contribution is 7.12. The van der Waals surface area contributed by atoms with E-state index in [9.17, 15) is 4.79 Å². The lowest BCUT2D eigenvalue weighted by Gasteiger charge is -2.42. The lowest BCUT2D eigenvalue weighted by Crippen LogP contribution is -2.49. The minimum Gasteiger partial charge on any atom is -0.337 e. The first-order valence-electron chi connectivity index (χ1n) is 8.67. The third kappa shape index (κ3) is 3.94. The largest absolute Gasteiger partial charge is 0.337 e. The van der Waals surface area contributed by atoms with Crippen molar-refractivity contribution in [3.63, 3.8) is 0 Å². The molecule has 1 amide bonds. The van der Waals surface area contributed by atoms with Gasteiger partial charge in [-0.05, 0) is 57.2 Å². The van der Waals surface area contributed by atoms with Gasteiger partial charge in [0.1, 0.15) is 10.9 Å². The minimum absolute atomic E-state index is 0.255. The van der Waals surface area contributed by atoms with E-state index in [0.717, 1.165) is 43.8 Å². The van der Waals surface area contributed by atoms with Crippen molar-refractivity contribution in [1.29, 1.82) is 5.26 Å². The van der Waals surface area contributed by atoms with Crippen molar-refractivity contribution in [3.05, 3.63) is 21.9 Å². The van der Waals surface area contributed by atoms with E-state index in [4.69, 9.17) is 5.26 Å². The second-order valence-corrected chi connectivity index (χ2v) is 7.92. The molecule has 2 aliphatic rings. The van der Waals surface area contributed by atoms with E-state index in [0.29, 0.717) is 12.1 Å². The van der Waals surface area contributed by atoms with Crippen LogP contribution in [0.5, 0.6) is 0 Å². The highest BCUT2D eigenvalue weighted by Crippen LogP contribution is 2.30. The Balaban J connectivity index is 1.58. The summed E-state index contributed by atoms with van der Waals surface area (Å²) in [5.74, 6) is 0.255. The van der Waals surface area contributed by atoms with E-state index in [2.05, 4.69) is 21.9 Å². The third-order valence-corrected chi connectivity index (χ3v) is 6.14. The Morgan fingerprint density at radius 2 is 2.00 bits per heavy atom. The van der Waals surface area contributed by atoms with Gasteiger partial charge in [-0.3, -0.25) is 9.69 Å². The van der Waals surface area contributed by atoms with E-state index >= 15 is 0 Å². The number of nitrogens with zero attached hydrogens (tertiary/aromatic N) is 3. The van der Waals surface area contributed by atoms with E-state index < -0.39 is 0 Å². The fourth-order valence-electron chi connectivity index (χ4n) is 3.80. The van der Waals surface area contributed by atoms with Gasteiger partial charge < -0.3 is 4.90 Å². The van der Waals surface area contributed by atoms with Crippen LogP contribution in [-0.4, -0.2) is 40.9 Å². The zero-order chi connectivity index (χ0) is 16.2. The first-order chi connectivity index (χ1) is 11.2. The maximum atomic E-state index is 12.1. The second-order valence-electron chi connectivity index (χ2n) is 6.75. The number of likely N-dealkylation sites (tertiary alicyclic amines) is 1. The van der Waals surface area contributed by atoms with E-state index in [1.54, 1.807) is 18.3 Å². The smallest absolute Gasteiger partial charge is 0.219 e. The number of carbonyl (C=O) groups is 1. The zero-order valence-electron chi connectivity index (χ0n) is 13.8. The van der Waals surface area contributed by atoms with E-state index in [1.165, 1.54) is 24.1 Å². The Morgan fingerprint density at radius 1 is 1.26 bits per heavy atom. The lowest BCUT2D eigenvalue weighted by atomic mass is 9.89. The molecule has 5 heteroatoms. The van der Waals surface area contributed by atoms with Crippen molar-refractivity contribution in [1.82, 2.24) is 9.80 Å². The van der Waals surface area contributed by atoms with Gasteiger partial charge in [-0.25, -0.2) is 0 Å². The number of hydrogen-bond acceptors (Lipinski definition) is 4. The molecular formula is C18H25N3OS. The van der Waals surface area contributed by atoms with E-state index in [-0.39, 0.29) is 5.91 Å². The van der Waals surface area contributed by atoms with Crippen molar-refractivity contribution < 1.29 is 4.79 Å². The molecule has 124 valence electrons. The number of rotatable bonds is 4. The van der Waals surface area contributed by atoms with Gasteiger partial charge in [-0.1, -0.05) is 0 Å². The van der Waals surface area contributed by atoms with Gasteiger partial charge in [-0.15, -0.1) is 11.3 Å². The van der Waals surface area contributed by atoms with Crippen LogP contribution in [0, 0.1) is 11.3 Å². The quantitative estimate of drug-likeness (QED) is 0.850. The Kier molecular flexibility index (Phi) is 5.34. The summed E-state index contributed by atoms with van der Waals surface area (Å²) >= 11 is 1.60. The maximum Gasteiger partial charge on any atom is 0.219 e. The monoisotopic (exact) mass is 331 g/mol. The standard InChI is InChI=1S/C18H25N3OS/c1-14(22)21(15-4-2-5-15)16-6-3-10-20(11-9-16)13-18-8-7-17(12-19)23-18/h7-8,15-16H,2-6,9-11,13H2,1H3/t16-/m0/s1. The van der Waals surface area contributed by atoms with Crippen LogP contribution >= 0.6 is 11.3 Å². The van der Waals surface area contributed by atoms with Crippen LogP contribution in [0.3, 0.4) is 0 Å². The zero-order valence-corrected chi connectivity index (χ0v) is 14.6. The summed E-state index contributed by atoms with van der Waals surface area (Å²) in [5.41, 5.74) is 0. The van der Waals surface area contributed by atoms with E-state index in [1.807, 2.05) is 6.07 Å². The average Bonchev–Trinajstić information content (AvgIpc) is 2.81. The number of thiophene rings is 1. The Labute approximate surface area is 142 Å². The van der Waals surface area contributed by atoms with Crippen molar-refractivity contribution in [2.24, 2.45) is 0 Å². The molecule has 1 saturated carbocycles. The van der Waals surface area contributed by atoms with Crippen LogP contribution in [0.2, 0.25) is 0 Å². The lowest BCUT2D eigenvalue weighted by molar-refractivity contribution is -0.136. The van der Waals surface area contributed by atoms with Crippen molar-refractivity contribution >= 4 is 17.2 Å². The molecule has 0 unspecified atom stereocenters. The van der Waals surface area contributed by atoms with Gasteiger partial charge in [0.05, 0.1) is 0 Å². The van der Waals surface area contributed by atoms with Crippen LogP contribution in [0.15, 0.2) is 12.1 Å². The number of hydrogen-bond donors (Lipinski definition) is 0. The van der Waals surface area contributed by atoms with Crippen molar-refractivity contribution in [2.45, 2.75) is 64.1 Å². The Hall–Kier alpha value is -1.38. The van der Waals surface area contributed by atoms with Crippen LogP contribution in [-0.2, 0) is 11.3 Å². The van der Waals surface area contributed by atoms with Crippen LogP contribution in [0.4, 0.5) is 0 Å². The molecular weight excluding hydrogens is 306 g/mol. The molecule has 23 heavy (non-hydrogen) atoms. The van der Waals surface area contributed by atoms with Gasteiger partial charge in [0, 0.05) is 37.0 Å². The van der Waals surface area contributed by atoms with Crippen LogP contribution in [0.1, 0.15) is 55.2 Å². The molecule has 1 aromatic heterocycles. The molecule has 3 rings (SSSR count). The number of nitriles is 1. The predicted molar refractivity (Wildman–Crippen MR) is 92.1 cm³/mol. The van der Waals surface area contributed by atoms with Gasteiger partial charge >= 0.3 is 0 Å². The average molecular weight is 331 g/mol. The second kappa shape index (κ2) is 7.46. The fourth-order valence-corrected chi connectivity index (χ4v) is 4.64. The van der Waals surface area contributed by atoms with Gasteiger partial charge in [-0.2, -0.15) is 5.26 Å². The summed E-state index contributed by atoms with van der Waals surface area (Å²) in [7, 11) is 0. The molecule has 1 aliphatic heterocycles. The summed E-state index contributed by atoms with van der Waals surface area (Å²) < 4.78 is 0. The highest BCUT2D eigenvalue weighted by Gasteiger charge is 2.33. The summed E-state index contributed by atoms with van der Waals surface area (Å²) in [6, 6.07) is 7.11. The Bertz CT molecular complexity index is 587.